The Labute approximate surface area is 149 Å². The quantitative estimate of drug-likeness (QED) is 0.733. The van der Waals surface area contributed by atoms with Gasteiger partial charge >= 0.3 is 0 Å². The van der Waals surface area contributed by atoms with Crippen LogP contribution in [0.2, 0.25) is 5.02 Å². The Morgan fingerprint density at radius 2 is 1.64 bits per heavy atom. The molecule has 0 unspecified atom stereocenters. The van der Waals surface area contributed by atoms with Gasteiger partial charge in [0.1, 0.15) is 5.75 Å². The SMILES string of the molecule is CC(=O)Nc1ccc(NC(=O)COc2ccc(Cl)cc2C(N)=O)cc1. The van der Waals surface area contributed by atoms with Crippen molar-refractivity contribution in [2.24, 2.45) is 5.73 Å². The molecule has 7 nitrogen and oxygen atoms in total. The monoisotopic (exact) mass is 361 g/mol. The number of nitrogens with one attached hydrogen (secondary N) is 2. The van der Waals surface area contributed by atoms with E-state index in [1.807, 2.05) is 0 Å². The molecular weight excluding hydrogens is 346 g/mol. The summed E-state index contributed by atoms with van der Waals surface area (Å²) in [5.74, 6) is -1.13. The molecule has 0 bridgehead atoms. The molecule has 0 spiro atoms. The molecule has 0 aromatic heterocycles. The molecule has 130 valence electrons. The second kappa shape index (κ2) is 8.16. The highest BCUT2D eigenvalue weighted by Gasteiger charge is 2.12. The number of benzene rings is 2. The van der Waals surface area contributed by atoms with Crippen LogP contribution in [0.5, 0.6) is 5.75 Å². The molecule has 0 fully saturated rings. The second-order valence-electron chi connectivity index (χ2n) is 5.10. The number of nitrogens with two attached hydrogens (primary N) is 1. The van der Waals surface area contributed by atoms with E-state index in [9.17, 15) is 14.4 Å². The predicted molar refractivity (Wildman–Crippen MR) is 94.8 cm³/mol. The van der Waals surface area contributed by atoms with Gasteiger partial charge in [0.25, 0.3) is 11.8 Å². The van der Waals surface area contributed by atoms with Crippen LogP contribution in [-0.4, -0.2) is 24.3 Å². The first-order valence-corrected chi connectivity index (χ1v) is 7.62. The largest absolute Gasteiger partial charge is 0.483 e. The van der Waals surface area contributed by atoms with Gasteiger partial charge in [-0.15, -0.1) is 0 Å². The lowest BCUT2D eigenvalue weighted by molar-refractivity contribution is -0.118. The number of ether oxygens (including phenoxy) is 1. The fraction of sp³-hybridized carbons (Fsp3) is 0.118. The molecule has 0 heterocycles. The number of anilines is 2. The molecule has 2 aromatic rings. The maximum atomic E-state index is 11.9. The molecular formula is C17H16ClN3O4. The van der Waals surface area contributed by atoms with Crippen molar-refractivity contribution in [2.75, 3.05) is 17.2 Å². The zero-order valence-corrected chi connectivity index (χ0v) is 14.1. The van der Waals surface area contributed by atoms with Gasteiger partial charge in [-0.1, -0.05) is 11.6 Å². The Bertz CT molecular complexity index is 806. The van der Waals surface area contributed by atoms with Crippen molar-refractivity contribution in [1.82, 2.24) is 0 Å². The summed E-state index contributed by atoms with van der Waals surface area (Å²) in [5.41, 5.74) is 6.51. The van der Waals surface area contributed by atoms with Crippen LogP contribution in [0.25, 0.3) is 0 Å². The average molecular weight is 362 g/mol. The number of rotatable bonds is 6. The van der Waals surface area contributed by atoms with Crippen LogP contribution in [0.4, 0.5) is 11.4 Å². The normalized spacial score (nSPS) is 10.0. The van der Waals surface area contributed by atoms with Crippen molar-refractivity contribution in [3.05, 3.63) is 53.1 Å². The molecule has 2 aromatic carbocycles. The lowest BCUT2D eigenvalue weighted by Crippen LogP contribution is -2.21. The third kappa shape index (κ3) is 5.50. The van der Waals surface area contributed by atoms with Crippen LogP contribution in [0.15, 0.2) is 42.5 Å². The van der Waals surface area contributed by atoms with E-state index in [1.54, 1.807) is 24.3 Å². The van der Waals surface area contributed by atoms with E-state index in [0.29, 0.717) is 16.4 Å². The second-order valence-corrected chi connectivity index (χ2v) is 5.54. The van der Waals surface area contributed by atoms with E-state index in [2.05, 4.69) is 10.6 Å². The van der Waals surface area contributed by atoms with Crippen LogP contribution < -0.4 is 21.1 Å². The molecule has 8 heteroatoms. The van der Waals surface area contributed by atoms with Crippen molar-refractivity contribution in [1.29, 1.82) is 0 Å². The third-order valence-electron chi connectivity index (χ3n) is 3.05. The molecule has 4 N–H and O–H groups in total. The van der Waals surface area contributed by atoms with Gasteiger partial charge in [-0.3, -0.25) is 14.4 Å². The van der Waals surface area contributed by atoms with Crippen LogP contribution in [0.1, 0.15) is 17.3 Å². The first kappa shape index (κ1) is 18.3. The minimum atomic E-state index is -0.702. The number of amides is 3. The maximum absolute atomic E-state index is 11.9. The summed E-state index contributed by atoms with van der Waals surface area (Å²) in [6, 6.07) is 11.0. The zero-order valence-electron chi connectivity index (χ0n) is 13.3. The maximum Gasteiger partial charge on any atom is 0.262 e. The van der Waals surface area contributed by atoms with Gasteiger partial charge in [-0.05, 0) is 42.5 Å². The van der Waals surface area contributed by atoms with E-state index in [0.717, 1.165) is 0 Å². The molecule has 0 aliphatic carbocycles. The topological polar surface area (TPSA) is 111 Å². The fourth-order valence-electron chi connectivity index (χ4n) is 2.00. The van der Waals surface area contributed by atoms with Gasteiger partial charge in [0.15, 0.2) is 6.61 Å². The molecule has 0 aliphatic heterocycles. The van der Waals surface area contributed by atoms with E-state index in [4.69, 9.17) is 22.1 Å². The summed E-state index contributed by atoms with van der Waals surface area (Å²) < 4.78 is 5.34. The summed E-state index contributed by atoms with van der Waals surface area (Å²) in [6.45, 7) is 1.10. The van der Waals surface area contributed by atoms with Crippen molar-refractivity contribution in [3.8, 4) is 5.75 Å². The van der Waals surface area contributed by atoms with Gasteiger partial charge in [-0.2, -0.15) is 0 Å². The molecule has 0 aliphatic rings. The van der Waals surface area contributed by atoms with Gasteiger partial charge in [0.05, 0.1) is 5.56 Å². The summed E-state index contributed by atoms with van der Waals surface area (Å²) in [6.07, 6.45) is 0. The van der Waals surface area contributed by atoms with Crippen LogP contribution in [-0.2, 0) is 9.59 Å². The summed E-state index contributed by atoms with van der Waals surface area (Å²) in [5, 5.41) is 5.59. The summed E-state index contributed by atoms with van der Waals surface area (Å²) in [4.78, 5) is 34.3. The standard InChI is InChI=1S/C17H16ClN3O4/c1-10(22)20-12-3-5-13(6-4-12)21-16(23)9-25-15-7-2-11(18)8-14(15)17(19)24/h2-8H,9H2,1H3,(H2,19,24)(H,20,22)(H,21,23). The first-order valence-electron chi connectivity index (χ1n) is 7.25. The van der Waals surface area contributed by atoms with Crippen molar-refractivity contribution >= 4 is 40.7 Å². The highest BCUT2D eigenvalue weighted by molar-refractivity contribution is 6.31. The molecule has 0 atom stereocenters. The number of hydrogen-bond donors (Lipinski definition) is 3. The van der Waals surface area contributed by atoms with E-state index >= 15 is 0 Å². The van der Waals surface area contributed by atoms with Gasteiger partial charge in [0.2, 0.25) is 5.91 Å². The number of primary amides is 1. The Morgan fingerprint density at radius 1 is 1.04 bits per heavy atom. The minimum absolute atomic E-state index is 0.0972. The van der Waals surface area contributed by atoms with Crippen LogP contribution in [0, 0.1) is 0 Å². The van der Waals surface area contributed by atoms with Crippen molar-refractivity contribution in [3.63, 3.8) is 0 Å². The van der Waals surface area contributed by atoms with Gasteiger partial charge < -0.3 is 21.1 Å². The smallest absolute Gasteiger partial charge is 0.262 e. The Hall–Kier alpha value is -3.06. The van der Waals surface area contributed by atoms with Crippen molar-refractivity contribution < 1.29 is 19.1 Å². The molecule has 0 saturated carbocycles. The molecule has 3 amide bonds. The van der Waals surface area contributed by atoms with E-state index < -0.39 is 11.8 Å². The highest BCUT2D eigenvalue weighted by atomic mass is 35.5. The number of hydrogen-bond acceptors (Lipinski definition) is 4. The van der Waals surface area contributed by atoms with E-state index in [-0.39, 0.29) is 23.8 Å². The molecule has 0 saturated heterocycles. The molecule has 0 radical (unpaired) electrons. The Morgan fingerprint density at radius 3 is 2.20 bits per heavy atom. The lowest BCUT2D eigenvalue weighted by Gasteiger charge is -2.11. The molecule has 2 rings (SSSR count). The van der Waals surface area contributed by atoms with Gasteiger partial charge in [0, 0.05) is 23.3 Å². The Kier molecular flexibility index (Phi) is 5.97. The molecule has 25 heavy (non-hydrogen) atoms. The highest BCUT2D eigenvalue weighted by Crippen LogP contribution is 2.22. The lowest BCUT2D eigenvalue weighted by atomic mass is 10.2. The van der Waals surface area contributed by atoms with Crippen LogP contribution >= 0.6 is 11.6 Å². The van der Waals surface area contributed by atoms with Crippen LogP contribution in [0.3, 0.4) is 0 Å². The van der Waals surface area contributed by atoms with Gasteiger partial charge in [-0.25, -0.2) is 0 Å². The predicted octanol–water partition coefficient (Wildman–Crippen LogP) is 2.41. The number of halogens is 1. The first-order chi connectivity index (χ1) is 11.8. The third-order valence-corrected chi connectivity index (χ3v) is 3.29. The van der Waals surface area contributed by atoms with Crippen molar-refractivity contribution in [2.45, 2.75) is 6.92 Å². The summed E-state index contributed by atoms with van der Waals surface area (Å²) >= 11 is 5.81. The summed E-state index contributed by atoms with van der Waals surface area (Å²) in [7, 11) is 0. The van der Waals surface area contributed by atoms with E-state index in [1.165, 1.54) is 25.1 Å². The fourth-order valence-corrected chi connectivity index (χ4v) is 2.17. The average Bonchev–Trinajstić information content (AvgIpc) is 2.55. The number of carbonyl (C=O) groups excluding carboxylic acids is 3. The number of carbonyl (C=O) groups is 3. The Balaban J connectivity index is 1.95. The minimum Gasteiger partial charge on any atom is -0.483 e. The zero-order chi connectivity index (χ0) is 18.4.